The van der Waals surface area contributed by atoms with Gasteiger partial charge in [0.05, 0.1) is 13.7 Å². The van der Waals surface area contributed by atoms with Gasteiger partial charge in [0.25, 0.3) is 0 Å². The Morgan fingerprint density at radius 3 is 2.42 bits per heavy atom. The van der Waals surface area contributed by atoms with Crippen molar-refractivity contribution in [3.8, 4) is 11.5 Å². The van der Waals surface area contributed by atoms with E-state index in [4.69, 9.17) is 18.6 Å². The highest BCUT2D eigenvalue weighted by molar-refractivity contribution is 5.31. The first-order valence-corrected chi connectivity index (χ1v) is 8.82. The minimum Gasteiger partial charge on any atom is -0.497 e. The van der Waals surface area contributed by atoms with E-state index in [0.29, 0.717) is 25.4 Å². The smallest absolute Gasteiger partial charge is 0.119 e. The minimum absolute atomic E-state index is 0.226. The molecule has 0 saturated heterocycles. The third-order valence-electron chi connectivity index (χ3n) is 3.97. The molecule has 0 bridgehead atoms. The number of benzene rings is 1. The molecule has 0 aliphatic carbocycles. The van der Waals surface area contributed by atoms with Crippen LogP contribution in [0.25, 0.3) is 0 Å². The zero-order valence-electron chi connectivity index (χ0n) is 15.8. The summed E-state index contributed by atoms with van der Waals surface area (Å²) in [5.74, 6) is 3.26. The van der Waals surface area contributed by atoms with Gasteiger partial charge >= 0.3 is 0 Å². The van der Waals surface area contributed by atoms with Crippen LogP contribution in [-0.2, 0) is 11.3 Å². The van der Waals surface area contributed by atoms with Crippen molar-refractivity contribution < 1.29 is 23.7 Å². The van der Waals surface area contributed by atoms with Crippen LogP contribution in [0.4, 0.5) is 0 Å². The van der Waals surface area contributed by atoms with Crippen molar-refractivity contribution in [3.63, 3.8) is 0 Å². The van der Waals surface area contributed by atoms with Crippen LogP contribution in [0.3, 0.4) is 0 Å². The Bertz CT molecular complexity index is 625. The van der Waals surface area contributed by atoms with Gasteiger partial charge in [-0.25, -0.2) is 0 Å². The fraction of sp³-hybridized carbons (Fsp3) is 0.500. The average molecular weight is 363 g/mol. The topological polar surface area (TPSA) is 64.3 Å². The quantitative estimate of drug-likeness (QED) is 0.585. The molecule has 0 amide bonds. The molecule has 0 saturated carbocycles. The van der Waals surface area contributed by atoms with Gasteiger partial charge in [-0.2, -0.15) is 0 Å². The number of rotatable bonds is 12. The van der Waals surface area contributed by atoms with E-state index in [9.17, 15) is 5.11 Å². The summed E-state index contributed by atoms with van der Waals surface area (Å²) < 4.78 is 21.6. The van der Waals surface area contributed by atoms with Crippen LogP contribution >= 0.6 is 0 Å². The summed E-state index contributed by atoms with van der Waals surface area (Å²) in [7, 11) is 3.32. The van der Waals surface area contributed by atoms with E-state index in [-0.39, 0.29) is 6.61 Å². The van der Waals surface area contributed by atoms with Crippen molar-refractivity contribution >= 4 is 0 Å². The van der Waals surface area contributed by atoms with E-state index >= 15 is 0 Å². The molecule has 0 unspecified atom stereocenters. The van der Waals surface area contributed by atoms with Crippen molar-refractivity contribution in [2.45, 2.75) is 26.0 Å². The SMILES string of the molecule is COCCCN(Cc1ccc(C)o1)C[C@@H](O)COc1ccc(OC)cc1. The first kappa shape index (κ1) is 20.3. The maximum atomic E-state index is 10.4. The molecule has 144 valence electrons. The van der Waals surface area contributed by atoms with Gasteiger partial charge in [-0.15, -0.1) is 0 Å². The van der Waals surface area contributed by atoms with E-state index in [1.807, 2.05) is 43.3 Å². The second-order valence-corrected chi connectivity index (χ2v) is 6.23. The summed E-state index contributed by atoms with van der Waals surface area (Å²) in [5, 5.41) is 10.4. The Labute approximate surface area is 155 Å². The number of aliphatic hydroxyl groups excluding tert-OH is 1. The monoisotopic (exact) mass is 363 g/mol. The van der Waals surface area contributed by atoms with Gasteiger partial charge in [-0.05, 0) is 49.7 Å². The number of aryl methyl sites for hydroxylation is 1. The normalized spacial score (nSPS) is 12.3. The third kappa shape index (κ3) is 7.07. The van der Waals surface area contributed by atoms with Gasteiger partial charge in [-0.3, -0.25) is 4.90 Å². The Kier molecular flexibility index (Phi) is 8.47. The highest BCUT2D eigenvalue weighted by Crippen LogP contribution is 2.17. The number of hydrogen-bond donors (Lipinski definition) is 1. The molecule has 26 heavy (non-hydrogen) atoms. The molecular formula is C20H29NO5. The van der Waals surface area contributed by atoms with Gasteiger partial charge in [0, 0.05) is 26.8 Å². The Hall–Kier alpha value is -2.02. The van der Waals surface area contributed by atoms with E-state index in [0.717, 1.165) is 30.2 Å². The van der Waals surface area contributed by atoms with Crippen molar-refractivity contribution in [1.29, 1.82) is 0 Å². The van der Waals surface area contributed by atoms with E-state index in [2.05, 4.69) is 4.90 Å². The first-order chi connectivity index (χ1) is 12.6. The van der Waals surface area contributed by atoms with Crippen molar-refractivity contribution in [3.05, 3.63) is 47.9 Å². The number of aliphatic hydroxyl groups is 1. The van der Waals surface area contributed by atoms with E-state index in [1.165, 1.54) is 0 Å². The number of nitrogens with zero attached hydrogens (tertiary/aromatic N) is 1. The number of hydrogen-bond acceptors (Lipinski definition) is 6. The van der Waals surface area contributed by atoms with Gasteiger partial charge in [-0.1, -0.05) is 0 Å². The Balaban J connectivity index is 1.83. The highest BCUT2D eigenvalue weighted by atomic mass is 16.5. The maximum Gasteiger partial charge on any atom is 0.119 e. The lowest BCUT2D eigenvalue weighted by Crippen LogP contribution is -2.36. The number of furan rings is 1. The standard InChI is InChI=1S/C20H29NO5/c1-16-5-6-20(26-16)14-21(11-4-12-23-2)13-17(22)15-25-19-9-7-18(24-3)8-10-19/h5-10,17,22H,4,11-15H2,1-3H3/t17-/m1/s1. The van der Waals surface area contributed by atoms with Gasteiger partial charge in [0.15, 0.2) is 0 Å². The van der Waals surface area contributed by atoms with Gasteiger partial charge in [0.1, 0.15) is 35.7 Å². The second kappa shape index (κ2) is 10.9. The lowest BCUT2D eigenvalue weighted by Gasteiger charge is -2.24. The van der Waals surface area contributed by atoms with E-state index in [1.54, 1.807) is 14.2 Å². The van der Waals surface area contributed by atoms with Crippen molar-refractivity contribution in [2.24, 2.45) is 0 Å². The van der Waals surface area contributed by atoms with E-state index < -0.39 is 6.10 Å². The van der Waals surface area contributed by atoms with Crippen LogP contribution in [0.5, 0.6) is 11.5 Å². The van der Waals surface area contributed by atoms with Crippen LogP contribution in [0.1, 0.15) is 17.9 Å². The summed E-state index contributed by atoms with van der Waals surface area (Å²) in [6.45, 7) is 4.80. The van der Waals surface area contributed by atoms with Crippen molar-refractivity contribution in [2.75, 3.05) is 40.5 Å². The molecule has 0 fully saturated rings. The van der Waals surface area contributed by atoms with Gasteiger partial charge < -0.3 is 23.7 Å². The highest BCUT2D eigenvalue weighted by Gasteiger charge is 2.14. The summed E-state index contributed by atoms with van der Waals surface area (Å²) in [6.07, 6.45) is 0.290. The zero-order valence-corrected chi connectivity index (χ0v) is 15.8. The number of methoxy groups -OCH3 is 2. The Morgan fingerprint density at radius 1 is 1.08 bits per heavy atom. The largest absolute Gasteiger partial charge is 0.497 e. The molecule has 2 rings (SSSR count). The molecule has 1 atom stereocenters. The van der Waals surface area contributed by atoms with Gasteiger partial charge in [0.2, 0.25) is 0 Å². The average Bonchev–Trinajstić information content (AvgIpc) is 3.05. The molecule has 6 nitrogen and oxygen atoms in total. The molecule has 0 spiro atoms. The summed E-state index contributed by atoms with van der Waals surface area (Å²) in [5.41, 5.74) is 0. The molecule has 6 heteroatoms. The molecule has 2 aromatic rings. The van der Waals surface area contributed by atoms with Crippen molar-refractivity contribution in [1.82, 2.24) is 4.90 Å². The molecular weight excluding hydrogens is 334 g/mol. The summed E-state index contributed by atoms with van der Waals surface area (Å²) in [6, 6.07) is 11.2. The second-order valence-electron chi connectivity index (χ2n) is 6.23. The Morgan fingerprint density at radius 2 is 1.81 bits per heavy atom. The molecule has 1 N–H and O–H groups in total. The lowest BCUT2D eigenvalue weighted by atomic mass is 10.2. The van der Waals surface area contributed by atoms with Crippen LogP contribution in [0.2, 0.25) is 0 Å². The lowest BCUT2D eigenvalue weighted by molar-refractivity contribution is 0.0593. The summed E-state index contributed by atoms with van der Waals surface area (Å²) >= 11 is 0. The first-order valence-electron chi connectivity index (χ1n) is 8.82. The maximum absolute atomic E-state index is 10.4. The minimum atomic E-state index is -0.601. The molecule has 0 aliphatic rings. The fourth-order valence-corrected chi connectivity index (χ4v) is 2.67. The number of ether oxygens (including phenoxy) is 3. The van der Waals surface area contributed by atoms with Crippen LogP contribution in [-0.4, -0.2) is 56.6 Å². The molecule has 1 heterocycles. The predicted octanol–water partition coefficient (Wildman–Crippen LogP) is 2.88. The zero-order chi connectivity index (χ0) is 18.8. The third-order valence-corrected chi connectivity index (χ3v) is 3.97. The van der Waals surface area contributed by atoms with Crippen LogP contribution < -0.4 is 9.47 Å². The predicted molar refractivity (Wildman–Crippen MR) is 99.7 cm³/mol. The molecule has 1 aromatic carbocycles. The molecule has 0 aliphatic heterocycles. The molecule has 1 aromatic heterocycles. The summed E-state index contributed by atoms with van der Waals surface area (Å²) in [4.78, 5) is 2.15. The fourth-order valence-electron chi connectivity index (χ4n) is 2.67. The molecule has 0 radical (unpaired) electrons. The van der Waals surface area contributed by atoms with Crippen LogP contribution in [0, 0.1) is 6.92 Å². The van der Waals surface area contributed by atoms with Crippen LogP contribution in [0.15, 0.2) is 40.8 Å².